The van der Waals surface area contributed by atoms with Gasteiger partial charge in [0.15, 0.2) is 11.5 Å². The van der Waals surface area contributed by atoms with Gasteiger partial charge in [-0.3, -0.25) is 0 Å². The van der Waals surface area contributed by atoms with Crippen LogP contribution in [-0.4, -0.2) is 26.5 Å². The average molecular weight is 251 g/mol. The van der Waals surface area contributed by atoms with Crippen molar-refractivity contribution in [2.75, 3.05) is 20.4 Å². The van der Waals surface area contributed by atoms with E-state index in [2.05, 4.69) is 19.2 Å². The van der Waals surface area contributed by atoms with Gasteiger partial charge >= 0.3 is 0 Å². The van der Waals surface area contributed by atoms with Crippen molar-refractivity contribution in [2.24, 2.45) is 5.92 Å². The van der Waals surface area contributed by atoms with Crippen LogP contribution in [0.25, 0.3) is 0 Å². The second-order valence-corrected chi connectivity index (χ2v) is 4.61. The standard InChI is InChI=1S/C14H21NO3/c1-4-10(2)12(15-3)8-16-11-5-6-13-14(7-11)18-9-17-13/h5-7,10,12,15H,4,8-9H2,1-3H3. The van der Waals surface area contributed by atoms with E-state index in [1.165, 1.54) is 0 Å². The molecule has 2 atom stereocenters. The van der Waals surface area contributed by atoms with Gasteiger partial charge in [-0.1, -0.05) is 20.3 Å². The minimum Gasteiger partial charge on any atom is -0.492 e. The summed E-state index contributed by atoms with van der Waals surface area (Å²) in [6.07, 6.45) is 1.13. The van der Waals surface area contributed by atoms with Crippen molar-refractivity contribution in [3.8, 4) is 17.2 Å². The van der Waals surface area contributed by atoms with Crippen LogP contribution in [0.15, 0.2) is 18.2 Å². The number of fused-ring (bicyclic) bond motifs is 1. The molecule has 1 aliphatic heterocycles. The fraction of sp³-hybridized carbons (Fsp3) is 0.571. The minimum absolute atomic E-state index is 0.296. The van der Waals surface area contributed by atoms with Crippen LogP contribution in [0.1, 0.15) is 20.3 Å². The Morgan fingerprint density at radius 3 is 2.83 bits per heavy atom. The molecule has 1 aromatic carbocycles. The van der Waals surface area contributed by atoms with E-state index in [0.29, 0.717) is 25.4 Å². The van der Waals surface area contributed by atoms with E-state index in [0.717, 1.165) is 23.7 Å². The second kappa shape index (κ2) is 5.96. The van der Waals surface area contributed by atoms with Crippen molar-refractivity contribution in [1.29, 1.82) is 0 Å². The summed E-state index contributed by atoms with van der Waals surface area (Å²) in [5.41, 5.74) is 0. The Labute approximate surface area is 108 Å². The van der Waals surface area contributed by atoms with Gasteiger partial charge in [0.2, 0.25) is 6.79 Å². The molecule has 100 valence electrons. The molecule has 4 heteroatoms. The van der Waals surface area contributed by atoms with E-state index in [1.54, 1.807) is 0 Å². The first-order chi connectivity index (χ1) is 8.74. The molecule has 0 saturated heterocycles. The molecule has 1 N–H and O–H groups in total. The van der Waals surface area contributed by atoms with E-state index in [-0.39, 0.29) is 0 Å². The molecule has 0 aliphatic carbocycles. The van der Waals surface area contributed by atoms with E-state index in [1.807, 2.05) is 25.2 Å². The zero-order valence-corrected chi connectivity index (χ0v) is 11.2. The molecule has 1 aliphatic rings. The van der Waals surface area contributed by atoms with Gasteiger partial charge in [0, 0.05) is 12.1 Å². The Balaban J connectivity index is 1.93. The first-order valence-electron chi connectivity index (χ1n) is 6.44. The smallest absolute Gasteiger partial charge is 0.231 e. The monoisotopic (exact) mass is 251 g/mol. The van der Waals surface area contributed by atoms with Gasteiger partial charge in [0.05, 0.1) is 0 Å². The van der Waals surface area contributed by atoms with Gasteiger partial charge in [-0.05, 0) is 25.1 Å². The lowest BCUT2D eigenvalue weighted by atomic mass is 10.0. The zero-order chi connectivity index (χ0) is 13.0. The molecule has 1 aromatic rings. The Hall–Kier alpha value is -1.42. The fourth-order valence-corrected chi connectivity index (χ4v) is 1.97. The SMILES string of the molecule is CCC(C)C(COc1ccc2c(c1)OCO2)NC. The van der Waals surface area contributed by atoms with Crippen LogP contribution in [0.4, 0.5) is 0 Å². The van der Waals surface area contributed by atoms with Crippen molar-refractivity contribution in [1.82, 2.24) is 5.32 Å². The van der Waals surface area contributed by atoms with Crippen LogP contribution in [0.3, 0.4) is 0 Å². The molecular weight excluding hydrogens is 230 g/mol. The lowest BCUT2D eigenvalue weighted by Gasteiger charge is -2.22. The molecule has 2 unspecified atom stereocenters. The highest BCUT2D eigenvalue weighted by molar-refractivity contribution is 5.46. The first-order valence-corrected chi connectivity index (χ1v) is 6.44. The molecule has 0 amide bonds. The predicted octanol–water partition coefficient (Wildman–Crippen LogP) is 2.43. The fourth-order valence-electron chi connectivity index (χ4n) is 1.97. The van der Waals surface area contributed by atoms with Crippen molar-refractivity contribution in [2.45, 2.75) is 26.3 Å². The zero-order valence-electron chi connectivity index (χ0n) is 11.2. The number of likely N-dealkylation sites (N-methyl/N-ethyl adjacent to an activating group) is 1. The van der Waals surface area contributed by atoms with Gasteiger partial charge in [-0.2, -0.15) is 0 Å². The lowest BCUT2D eigenvalue weighted by Crippen LogP contribution is -2.37. The number of benzene rings is 1. The summed E-state index contributed by atoms with van der Waals surface area (Å²) >= 11 is 0. The highest BCUT2D eigenvalue weighted by atomic mass is 16.7. The summed E-state index contributed by atoms with van der Waals surface area (Å²) in [4.78, 5) is 0. The van der Waals surface area contributed by atoms with Crippen molar-refractivity contribution in [3.63, 3.8) is 0 Å². The van der Waals surface area contributed by atoms with Gasteiger partial charge < -0.3 is 19.5 Å². The molecule has 2 rings (SSSR count). The molecule has 0 radical (unpaired) electrons. The Kier molecular flexibility index (Phi) is 4.31. The summed E-state index contributed by atoms with van der Waals surface area (Å²) in [6.45, 7) is 5.37. The maximum Gasteiger partial charge on any atom is 0.231 e. The van der Waals surface area contributed by atoms with Crippen LogP contribution < -0.4 is 19.5 Å². The third-order valence-corrected chi connectivity index (χ3v) is 3.48. The third-order valence-electron chi connectivity index (χ3n) is 3.48. The van der Waals surface area contributed by atoms with E-state index >= 15 is 0 Å². The number of rotatable bonds is 6. The Morgan fingerprint density at radius 2 is 2.11 bits per heavy atom. The third kappa shape index (κ3) is 2.88. The molecule has 18 heavy (non-hydrogen) atoms. The average Bonchev–Trinajstić information content (AvgIpc) is 2.86. The van der Waals surface area contributed by atoms with Crippen LogP contribution in [0.5, 0.6) is 17.2 Å². The largest absolute Gasteiger partial charge is 0.492 e. The maximum absolute atomic E-state index is 5.81. The molecule has 0 saturated carbocycles. The molecule has 0 bridgehead atoms. The van der Waals surface area contributed by atoms with Gasteiger partial charge in [0.1, 0.15) is 12.4 Å². The van der Waals surface area contributed by atoms with Crippen molar-refractivity contribution < 1.29 is 14.2 Å². The van der Waals surface area contributed by atoms with Crippen molar-refractivity contribution in [3.05, 3.63) is 18.2 Å². The maximum atomic E-state index is 5.81. The topological polar surface area (TPSA) is 39.7 Å². The molecule has 1 heterocycles. The van der Waals surface area contributed by atoms with E-state index in [4.69, 9.17) is 14.2 Å². The predicted molar refractivity (Wildman–Crippen MR) is 70.4 cm³/mol. The number of nitrogens with one attached hydrogen (secondary N) is 1. The molecule has 4 nitrogen and oxygen atoms in total. The summed E-state index contributed by atoms with van der Waals surface area (Å²) in [5, 5.41) is 3.29. The first kappa shape index (κ1) is 13.0. The van der Waals surface area contributed by atoms with Crippen LogP contribution >= 0.6 is 0 Å². The second-order valence-electron chi connectivity index (χ2n) is 4.61. The van der Waals surface area contributed by atoms with Crippen molar-refractivity contribution >= 4 is 0 Å². The normalized spacial score (nSPS) is 16.4. The Morgan fingerprint density at radius 1 is 1.33 bits per heavy atom. The van der Waals surface area contributed by atoms with Crippen LogP contribution in [0.2, 0.25) is 0 Å². The molecule has 0 fully saturated rings. The minimum atomic E-state index is 0.296. The summed E-state index contributed by atoms with van der Waals surface area (Å²) in [6, 6.07) is 6.04. The van der Waals surface area contributed by atoms with Gasteiger partial charge in [-0.25, -0.2) is 0 Å². The number of hydrogen-bond donors (Lipinski definition) is 1. The highest BCUT2D eigenvalue weighted by Gasteiger charge is 2.16. The molecular formula is C14H21NO3. The number of ether oxygens (including phenoxy) is 3. The van der Waals surface area contributed by atoms with E-state index in [9.17, 15) is 0 Å². The van der Waals surface area contributed by atoms with Gasteiger partial charge in [0.25, 0.3) is 0 Å². The number of hydrogen-bond acceptors (Lipinski definition) is 4. The highest BCUT2D eigenvalue weighted by Crippen LogP contribution is 2.35. The Bertz CT molecular complexity index is 395. The summed E-state index contributed by atoms with van der Waals surface area (Å²) < 4.78 is 16.4. The lowest BCUT2D eigenvalue weighted by molar-refractivity contribution is 0.173. The summed E-state index contributed by atoms with van der Waals surface area (Å²) in [7, 11) is 1.97. The van der Waals surface area contributed by atoms with E-state index < -0.39 is 0 Å². The van der Waals surface area contributed by atoms with Crippen LogP contribution in [0, 0.1) is 5.92 Å². The quantitative estimate of drug-likeness (QED) is 0.843. The van der Waals surface area contributed by atoms with Crippen LogP contribution in [-0.2, 0) is 0 Å². The molecule has 0 spiro atoms. The summed E-state index contributed by atoms with van der Waals surface area (Å²) in [5.74, 6) is 2.96. The molecule has 0 aromatic heterocycles. The van der Waals surface area contributed by atoms with Gasteiger partial charge in [-0.15, -0.1) is 0 Å².